The van der Waals surface area contributed by atoms with Crippen molar-refractivity contribution in [1.29, 1.82) is 0 Å². The summed E-state index contributed by atoms with van der Waals surface area (Å²) in [5.74, 6) is 3.14. The summed E-state index contributed by atoms with van der Waals surface area (Å²) < 4.78 is 2.54. The molecule has 9 aromatic rings. The largest absolute Gasteiger partial charge is 0.310 e. The number of benzene rings is 8. The zero-order valence-electron chi connectivity index (χ0n) is 38.4. The van der Waals surface area contributed by atoms with E-state index in [2.05, 4.69) is 205 Å². The molecule has 4 aliphatic rings. The van der Waals surface area contributed by atoms with Gasteiger partial charge in [-0.3, -0.25) is 0 Å². The first-order valence-electron chi connectivity index (χ1n) is 24.9. The van der Waals surface area contributed by atoms with Crippen LogP contribution in [0.1, 0.15) is 106 Å². The fourth-order valence-corrected chi connectivity index (χ4v) is 13.4. The van der Waals surface area contributed by atoms with Crippen molar-refractivity contribution in [1.82, 2.24) is 4.57 Å². The number of rotatable bonds is 8. The average Bonchev–Trinajstić information content (AvgIpc) is 4.15. The first kappa shape index (κ1) is 39.7. The van der Waals surface area contributed by atoms with Crippen LogP contribution in [0.25, 0.3) is 60.9 Å². The summed E-state index contributed by atoms with van der Waals surface area (Å²) in [6, 6.07) is 69.5. The lowest BCUT2D eigenvalue weighted by Gasteiger charge is -2.31. The lowest BCUT2D eigenvalue weighted by molar-refractivity contribution is 0.420. The van der Waals surface area contributed by atoms with E-state index >= 15 is 0 Å². The van der Waals surface area contributed by atoms with Gasteiger partial charge in [0, 0.05) is 38.8 Å². The number of para-hydroxylation sites is 1. The Hall–Kier alpha value is -6.64. The number of hydrogen-bond acceptors (Lipinski definition) is 1. The fraction of sp³-hybridized carbons (Fsp3) is 0.250. The normalized spacial score (nSPS) is 19.6. The number of aromatic nitrogens is 1. The van der Waals surface area contributed by atoms with Gasteiger partial charge in [0.2, 0.25) is 0 Å². The predicted octanol–water partition coefficient (Wildman–Crippen LogP) is 17.8. The second-order valence-corrected chi connectivity index (χ2v) is 20.7. The van der Waals surface area contributed by atoms with Crippen LogP contribution in [0, 0.1) is 11.8 Å². The van der Waals surface area contributed by atoms with Gasteiger partial charge >= 0.3 is 0 Å². The van der Waals surface area contributed by atoms with Crippen LogP contribution >= 0.6 is 0 Å². The van der Waals surface area contributed by atoms with Gasteiger partial charge < -0.3 is 9.47 Å². The first-order chi connectivity index (χ1) is 32.5. The van der Waals surface area contributed by atoms with Crippen molar-refractivity contribution in [2.24, 2.45) is 11.8 Å². The van der Waals surface area contributed by atoms with Crippen LogP contribution in [0.5, 0.6) is 0 Å². The molecule has 13 rings (SSSR count). The molecule has 2 bridgehead atoms. The molecule has 0 saturated heterocycles. The standard InChI is InChI=1S/C64H58N2/c1-64(2)59-41-61(65(51-30-25-45(26-31-51)43-15-7-3-8-16-43)52-32-27-47(28-33-52)55-38-42-23-24-49(55)37-42)56(46-19-11-5-12-20-46)40-57(59)53-34-35-54-58-39-48(44-17-9-4-10-18-44)29-36-60(58)66(63(54)62(53)64)50-21-13-6-14-22-50/h4-6,9-14,17-22,25-36,39-43,49,55H,3,7-8,15-16,23-24,37-38H2,1-2H3. The molecular weight excluding hydrogens is 797 g/mol. The molecule has 3 saturated carbocycles. The van der Waals surface area contributed by atoms with Gasteiger partial charge in [0.15, 0.2) is 0 Å². The highest BCUT2D eigenvalue weighted by Gasteiger charge is 2.42. The summed E-state index contributed by atoms with van der Waals surface area (Å²) in [6.07, 6.45) is 12.3. The molecule has 0 spiro atoms. The summed E-state index contributed by atoms with van der Waals surface area (Å²) >= 11 is 0. The van der Waals surface area contributed by atoms with E-state index in [1.807, 2.05) is 0 Å². The van der Waals surface area contributed by atoms with Crippen LogP contribution in [0.2, 0.25) is 0 Å². The Morgan fingerprint density at radius 3 is 1.83 bits per heavy atom. The quantitative estimate of drug-likeness (QED) is 0.148. The van der Waals surface area contributed by atoms with Crippen molar-refractivity contribution in [3.8, 4) is 39.1 Å². The van der Waals surface area contributed by atoms with Crippen LogP contribution in [-0.4, -0.2) is 4.57 Å². The van der Waals surface area contributed by atoms with Gasteiger partial charge in [-0.1, -0.05) is 161 Å². The molecule has 4 aliphatic carbocycles. The van der Waals surface area contributed by atoms with Crippen LogP contribution < -0.4 is 4.90 Å². The highest BCUT2D eigenvalue weighted by Crippen LogP contribution is 2.57. The molecule has 0 amide bonds. The molecule has 0 radical (unpaired) electrons. The third-order valence-electron chi connectivity index (χ3n) is 16.6. The third kappa shape index (κ3) is 6.43. The van der Waals surface area contributed by atoms with Gasteiger partial charge in [0.25, 0.3) is 0 Å². The molecule has 1 heterocycles. The molecule has 3 atom stereocenters. The SMILES string of the molecule is CC1(C)c2cc(N(c3ccc(C4CCCCC4)cc3)c3ccc(C4CC5CCC4C5)cc3)c(-c3ccccc3)cc2-c2ccc3c4cc(-c5ccccc5)ccc4n(-c4ccccc4)c3c21. The minimum atomic E-state index is -0.306. The Labute approximate surface area is 390 Å². The van der Waals surface area contributed by atoms with Crippen LogP contribution in [0.3, 0.4) is 0 Å². The van der Waals surface area contributed by atoms with E-state index in [9.17, 15) is 0 Å². The van der Waals surface area contributed by atoms with E-state index in [1.54, 1.807) is 0 Å². The van der Waals surface area contributed by atoms with Crippen LogP contribution in [0.4, 0.5) is 17.1 Å². The topological polar surface area (TPSA) is 8.17 Å². The summed E-state index contributed by atoms with van der Waals surface area (Å²) in [5.41, 5.74) is 20.5. The summed E-state index contributed by atoms with van der Waals surface area (Å²) in [6.45, 7) is 4.94. The highest BCUT2D eigenvalue weighted by molar-refractivity contribution is 6.14. The Bertz CT molecular complexity index is 3240. The van der Waals surface area contributed by atoms with E-state index in [1.165, 1.54) is 158 Å². The fourth-order valence-electron chi connectivity index (χ4n) is 13.4. The Morgan fingerprint density at radius 2 is 1.17 bits per heavy atom. The van der Waals surface area contributed by atoms with Crippen molar-refractivity contribution < 1.29 is 0 Å². The smallest absolute Gasteiger partial charge is 0.0588 e. The van der Waals surface area contributed by atoms with E-state index < -0.39 is 0 Å². The average molecular weight is 855 g/mol. The molecule has 3 unspecified atom stereocenters. The molecule has 324 valence electrons. The molecule has 8 aromatic carbocycles. The van der Waals surface area contributed by atoms with Gasteiger partial charge in [-0.2, -0.15) is 0 Å². The van der Waals surface area contributed by atoms with E-state index in [4.69, 9.17) is 0 Å². The highest BCUT2D eigenvalue weighted by atomic mass is 15.1. The summed E-state index contributed by atoms with van der Waals surface area (Å²) in [5, 5.41) is 2.58. The minimum Gasteiger partial charge on any atom is -0.310 e. The molecule has 0 aliphatic heterocycles. The molecule has 3 fully saturated rings. The van der Waals surface area contributed by atoms with Crippen molar-refractivity contribution in [3.05, 3.63) is 204 Å². The van der Waals surface area contributed by atoms with Crippen molar-refractivity contribution in [2.75, 3.05) is 4.90 Å². The third-order valence-corrected chi connectivity index (χ3v) is 16.6. The molecule has 2 heteroatoms. The molecular formula is C64H58N2. The zero-order valence-corrected chi connectivity index (χ0v) is 38.4. The van der Waals surface area contributed by atoms with Gasteiger partial charge in [0.05, 0.1) is 16.7 Å². The maximum absolute atomic E-state index is 2.58. The molecule has 66 heavy (non-hydrogen) atoms. The number of nitrogens with zero attached hydrogens (tertiary/aromatic N) is 2. The zero-order chi connectivity index (χ0) is 43.9. The lowest BCUT2D eigenvalue weighted by atomic mass is 9.80. The second-order valence-electron chi connectivity index (χ2n) is 20.7. The molecule has 2 nitrogen and oxygen atoms in total. The minimum absolute atomic E-state index is 0.306. The molecule has 1 aromatic heterocycles. The van der Waals surface area contributed by atoms with Gasteiger partial charge in [-0.05, 0) is 167 Å². The lowest BCUT2D eigenvalue weighted by Crippen LogP contribution is -2.18. The van der Waals surface area contributed by atoms with E-state index in [0.717, 1.165) is 11.8 Å². The second kappa shape index (κ2) is 15.8. The number of anilines is 3. The number of hydrogen-bond donors (Lipinski definition) is 0. The van der Waals surface area contributed by atoms with Gasteiger partial charge in [0.1, 0.15) is 0 Å². The van der Waals surface area contributed by atoms with Crippen LogP contribution in [0.15, 0.2) is 182 Å². The van der Waals surface area contributed by atoms with Crippen molar-refractivity contribution >= 4 is 38.9 Å². The van der Waals surface area contributed by atoms with Gasteiger partial charge in [-0.25, -0.2) is 0 Å². The maximum Gasteiger partial charge on any atom is 0.0588 e. The van der Waals surface area contributed by atoms with E-state index in [-0.39, 0.29) is 5.41 Å². The molecule has 0 N–H and O–H groups in total. The summed E-state index contributed by atoms with van der Waals surface area (Å²) in [4.78, 5) is 2.58. The Morgan fingerprint density at radius 1 is 0.500 bits per heavy atom. The Balaban J connectivity index is 1.02. The number of fused-ring (bicyclic) bond motifs is 9. The van der Waals surface area contributed by atoms with Crippen molar-refractivity contribution in [3.63, 3.8) is 0 Å². The van der Waals surface area contributed by atoms with Gasteiger partial charge in [-0.15, -0.1) is 0 Å². The summed E-state index contributed by atoms with van der Waals surface area (Å²) in [7, 11) is 0. The van der Waals surface area contributed by atoms with Crippen molar-refractivity contribution in [2.45, 2.75) is 88.9 Å². The monoisotopic (exact) mass is 854 g/mol. The predicted molar refractivity (Wildman–Crippen MR) is 278 cm³/mol. The van der Waals surface area contributed by atoms with E-state index in [0.29, 0.717) is 11.8 Å². The first-order valence-corrected chi connectivity index (χ1v) is 24.9. The maximum atomic E-state index is 2.58. The Kier molecular flexibility index (Phi) is 9.48. The van der Waals surface area contributed by atoms with Crippen LogP contribution in [-0.2, 0) is 5.41 Å².